The zero-order valence-electron chi connectivity index (χ0n) is 14.1. The third-order valence-corrected chi connectivity index (χ3v) is 4.67. The van der Waals surface area contributed by atoms with Crippen LogP contribution in [0.4, 0.5) is 13.2 Å². The lowest BCUT2D eigenvalue weighted by molar-refractivity contribution is -0.136. The molecule has 0 unspecified atom stereocenters. The Morgan fingerprint density at radius 2 is 2.00 bits per heavy atom. The van der Waals surface area contributed by atoms with Crippen molar-refractivity contribution in [2.45, 2.75) is 25.6 Å². The largest absolute Gasteiger partial charge is 0.488 e. The molecule has 1 aromatic heterocycles. The third kappa shape index (κ3) is 2.70. The van der Waals surface area contributed by atoms with Crippen molar-refractivity contribution >= 4 is 10.9 Å². The predicted octanol–water partition coefficient (Wildman–Crippen LogP) is 4.49. The second-order valence-electron chi connectivity index (χ2n) is 6.54. The molecule has 4 rings (SSSR count). The van der Waals surface area contributed by atoms with Gasteiger partial charge in [-0.3, -0.25) is 4.98 Å². The summed E-state index contributed by atoms with van der Waals surface area (Å²) in [5.41, 5.74) is 8.47. The number of fused-ring (bicyclic) bond motifs is 2. The molecular weight excluding hydrogens is 341 g/mol. The number of halogens is 3. The first-order valence-corrected chi connectivity index (χ1v) is 8.34. The Bertz CT molecular complexity index is 998. The number of para-hydroxylation sites is 1. The van der Waals surface area contributed by atoms with Gasteiger partial charge in [0.2, 0.25) is 0 Å². The van der Waals surface area contributed by atoms with Crippen LogP contribution in [0.1, 0.15) is 16.7 Å². The highest BCUT2D eigenvalue weighted by atomic mass is 19.4. The zero-order chi connectivity index (χ0) is 18.5. The minimum absolute atomic E-state index is 0.0545. The smallest absolute Gasteiger partial charge is 0.418 e. The molecule has 2 N–H and O–H groups in total. The number of pyridine rings is 1. The first kappa shape index (κ1) is 16.8. The normalized spacial score (nSPS) is 16.6. The third-order valence-electron chi connectivity index (χ3n) is 4.67. The van der Waals surface area contributed by atoms with Crippen molar-refractivity contribution < 1.29 is 17.9 Å². The number of aryl methyl sites for hydroxylation is 1. The summed E-state index contributed by atoms with van der Waals surface area (Å²) < 4.78 is 46.0. The van der Waals surface area contributed by atoms with Gasteiger partial charge in [0.25, 0.3) is 0 Å². The van der Waals surface area contributed by atoms with Crippen LogP contribution in [0, 0.1) is 6.92 Å². The van der Waals surface area contributed by atoms with Gasteiger partial charge in [-0.25, -0.2) is 0 Å². The molecule has 3 aromatic rings. The maximum absolute atomic E-state index is 13.4. The molecule has 0 bridgehead atoms. The first-order chi connectivity index (χ1) is 12.4. The number of nitrogens with two attached hydrogens (primary N) is 1. The fraction of sp³-hybridized carbons (Fsp3) is 0.250. The molecule has 0 aliphatic carbocycles. The van der Waals surface area contributed by atoms with E-state index < -0.39 is 11.7 Å². The lowest BCUT2D eigenvalue weighted by Gasteiger charge is -2.15. The van der Waals surface area contributed by atoms with Crippen LogP contribution in [0.2, 0.25) is 0 Å². The molecule has 0 amide bonds. The molecule has 26 heavy (non-hydrogen) atoms. The van der Waals surface area contributed by atoms with Crippen LogP contribution in [-0.4, -0.2) is 17.6 Å². The molecule has 2 aromatic carbocycles. The molecule has 1 atom stereocenters. The number of ether oxygens (including phenoxy) is 1. The van der Waals surface area contributed by atoms with E-state index in [0.29, 0.717) is 29.7 Å². The minimum atomic E-state index is -4.46. The van der Waals surface area contributed by atoms with Crippen LogP contribution < -0.4 is 10.5 Å². The summed E-state index contributed by atoms with van der Waals surface area (Å²) in [5.74, 6) is 0.705. The Morgan fingerprint density at radius 1 is 1.19 bits per heavy atom. The summed E-state index contributed by atoms with van der Waals surface area (Å²) in [6.45, 7) is 2.35. The van der Waals surface area contributed by atoms with Gasteiger partial charge in [-0.15, -0.1) is 0 Å². The Morgan fingerprint density at radius 3 is 2.73 bits per heavy atom. The van der Waals surface area contributed by atoms with Crippen molar-refractivity contribution in [3.05, 3.63) is 59.3 Å². The molecule has 134 valence electrons. The molecule has 1 aliphatic heterocycles. The van der Waals surface area contributed by atoms with E-state index in [1.165, 1.54) is 12.3 Å². The SMILES string of the molecule is Cc1cc2c(c(-c3ccnc4c(C(F)(F)F)cccc34)c1)O[C@@H](CN)C2. The van der Waals surface area contributed by atoms with E-state index in [4.69, 9.17) is 10.5 Å². The summed E-state index contributed by atoms with van der Waals surface area (Å²) >= 11 is 0. The number of aromatic nitrogens is 1. The molecule has 0 fully saturated rings. The van der Waals surface area contributed by atoms with Crippen LogP contribution in [0.5, 0.6) is 5.75 Å². The van der Waals surface area contributed by atoms with Gasteiger partial charge in [0.05, 0.1) is 11.1 Å². The van der Waals surface area contributed by atoms with Crippen molar-refractivity contribution in [1.82, 2.24) is 4.98 Å². The monoisotopic (exact) mass is 358 g/mol. The summed E-state index contributed by atoms with van der Waals surface area (Å²) in [6.07, 6.45) is -2.45. The molecule has 0 spiro atoms. The van der Waals surface area contributed by atoms with Gasteiger partial charge in [-0.1, -0.05) is 18.2 Å². The van der Waals surface area contributed by atoms with Crippen molar-refractivity contribution in [3.8, 4) is 16.9 Å². The van der Waals surface area contributed by atoms with Crippen molar-refractivity contribution in [3.63, 3.8) is 0 Å². The number of nitrogens with zero attached hydrogens (tertiary/aromatic N) is 1. The van der Waals surface area contributed by atoms with Crippen LogP contribution >= 0.6 is 0 Å². The van der Waals surface area contributed by atoms with E-state index in [2.05, 4.69) is 4.98 Å². The fourth-order valence-electron chi connectivity index (χ4n) is 3.56. The number of rotatable bonds is 2. The number of hydrogen-bond donors (Lipinski definition) is 1. The average molecular weight is 358 g/mol. The number of benzene rings is 2. The summed E-state index contributed by atoms with van der Waals surface area (Å²) in [4.78, 5) is 4.00. The second kappa shape index (κ2) is 5.99. The number of hydrogen-bond acceptors (Lipinski definition) is 3. The van der Waals surface area contributed by atoms with E-state index in [1.54, 1.807) is 12.1 Å². The van der Waals surface area contributed by atoms with Gasteiger partial charge in [0, 0.05) is 30.1 Å². The Labute approximate surface area is 148 Å². The zero-order valence-corrected chi connectivity index (χ0v) is 14.1. The number of alkyl halides is 3. The Kier molecular flexibility index (Phi) is 3.88. The molecule has 6 heteroatoms. The van der Waals surface area contributed by atoms with Crippen LogP contribution in [0.15, 0.2) is 42.6 Å². The first-order valence-electron chi connectivity index (χ1n) is 8.34. The van der Waals surface area contributed by atoms with E-state index in [0.717, 1.165) is 22.8 Å². The van der Waals surface area contributed by atoms with Gasteiger partial charge in [-0.2, -0.15) is 13.2 Å². The van der Waals surface area contributed by atoms with E-state index in [9.17, 15) is 13.2 Å². The van der Waals surface area contributed by atoms with E-state index >= 15 is 0 Å². The molecular formula is C20H17F3N2O. The molecule has 1 aliphatic rings. The summed E-state index contributed by atoms with van der Waals surface area (Å²) in [7, 11) is 0. The lowest BCUT2D eigenvalue weighted by atomic mass is 9.94. The van der Waals surface area contributed by atoms with Crippen molar-refractivity contribution in [2.24, 2.45) is 5.73 Å². The second-order valence-corrected chi connectivity index (χ2v) is 6.54. The van der Waals surface area contributed by atoms with Gasteiger partial charge in [0.1, 0.15) is 11.9 Å². The Hall–Kier alpha value is -2.60. The lowest BCUT2D eigenvalue weighted by Crippen LogP contribution is -2.24. The van der Waals surface area contributed by atoms with Gasteiger partial charge < -0.3 is 10.5 Å². The summed E-state index contributed by atoms with van der Waals surface area (Å²) in [5, 5.41) is 0.454. The van der Waals surface area contributed by atoms with Crippen molar-refractivity contribution in [1.29, 1.82) is 0 Å². The molecule has 0 saturated heterocycles. The van der Waals surface area contributed by atoms with Crippen LogP contribution in [0.25, 0.3) is 22.0 Å². The van der Waals surface area contributed by atoms with E-state index in [1.807, 2.05) is 19.1 Å². The Balaban J connectivity index is 1.98. The predicted molar refractivity (Wildman–Crippen MR) is 94.1 cm³/mol. The average Bonchev–Trinajstić information content (AvgIpc) is 3.02. The highest BCUT2D eigenvalue weighted by molar-refractivity contribution is 5.98. The van der Waals surface area contributed by atoms with Gasteiger partial charge in [-0.05, 0) is 41.8 Å². The van der Waals surface area contributed by atoms with E-state index in [-0.39, 0.29) is 11.6 Å². The highest BCUT2D eigenvalue weighted by Gasteiger charge is 2.34. The quantitative estimate of drug-likeness (QED) is 0.734. The topological polar surface area (TPSA) is 48.1 Å². The maximum Gasteiger partial charge on any atom is 0.418 e. The fourth-order valence-corrected chi connectivity index (χ4v) is 3.56. The molecule has 3 nitrogen and oxygen atoms in total. The van der Waals surface area contributed by atoms with Crippen LogP contribution in [0.3, 0.4) is 0 Å². The highest BCUT2D eigenvalue weighted by Crippen LogP contribution is 2.43. The minimum Gasteiger partial charge on any atom is -0.488 e. The van der Waals surface area contributed by atoms with Gasteiger partial charge in [0.15, 0.2) is 0 Å². The molecule has 0 radical (unpaired) electrons. The van der Waals surface area contributed by atoms with Crippen LogP contribution in [-0.2, 0) is 12.6 Å². The van der Waals surface area contributed by atoms with Crippen molar-refractivity contribution in [2.75, 3.05) is 6.54 Å². The molecule has 0 saturated carbocycles. The maximum atomic E-state index is 13.4. The summed E-state index contributed by atoms with van der Waals surface area (Å²) in [6, 6.07) is 9.84. The van der Waals surface area contributed by atoms with Gasteiger partial charge >= 0.3 is 6.18 Å². The molecule has 2 heterocycles. The standard InChI is InChI=1S/C20H17F3N2O/c1-11-7-12-9-13(10-24)26-19(12)16(8-11)14-5-6-25-18-15(14)3-2-4-17(18)20(21,22)23/h2-8,13H,9-10,24H2,1H3/t13-/m1/s1.